The van der Waals surface area contributed by atoms with Crippen LogP contribution < -0.4 is 4.74 Å². The molecule has 4 nitrogen and oxygen atoms in total. The molecular weight excluding hydrogens is 432 g/mol. The zero-order chi connectivity index (χ0) is 22.6. The van der Waals surface area contributed by atoms with Crippen molar-refractivity contribution in [2.75, 3.05) is 6.54 Å². The molecule has 0 aliphatic carbocycles. The van der Waals surface area contributed by atoms with Crippen LogP contribution in [0.3, 0.4) is 0 Å². The molecular formula is C28H25ClN2O2. The molecule has 5 heteroatoms. The number of fused-ring (bicyclic) bond motifs is 1. The van der Waals surface area contributed by atoms with Crippen molar-refractivity contribution in [3.63, 3.8) is 0 Å². The van der Waals surface area contributed by atoms with E-state index in [0.717, 1.165) is 41.3 Å². The number of para-hydroxylation sites is 1. The molecule has 3 aromatic carbocycles. The number of alkyl halides is 1. The second kappa shape index (κ2) is 9.55. The van der Waals surface area contributed by atoms with Gasteiger partial charge in [0.1, 0.15) is 16.9 Å². The topological polar surface area (TPSA) is 34.5 Å². The van der Waals surface area contributed by atoms with Crippen molar-refractivity contribution in [1.82, 2.24) is 9.47 Å². The maximum absolute atomic E-state index is 13.7. The lowest BCUT2D eigenvalue weighted by molar-refractivity contribution is -0.132. The Balaban J connectivity index is 1.52. The van der Waals surface area contributed by atoms with E-state index in [1.165, 1.54) is 0 Å². The van der Waals surface area contributed by atoms with E-state index in [4.69, 9.17) is 16.3 Å². The van der Waals surface area contributed by atoms with Crippen LogP contribution in [0.5, 0.6) is 11.5 Å². The Morgan fingerprint density at radius 1 is 0.848 bits per heavy atom. The van der Waals surface area contributed by atoms with Crippen molar-refractivity contribution in [3.05, 3.63) is 120 Å². The minimum absolute atomic E-state index is 0.0862. The zero-order valence-electron chi connectivity index (χ0n) is 18.2. The van der Waals surface area contributed by atoms with Crippen LogP contribution in [-0.4, -0.2) is 21.9 Å². The van der Waals surface area contributed by atoms with Gasteiger partial charge in [0.2, 0.25) is 5.91 Å². The first-order valence-electron chi connectivity index (χ1n) is 11.2. The Morgan fingerprint density at radius 3 is 2.36 bits per heavy atom. The number of carbonyl (C=O) groups excluding carboxylic acids is 1. The Bertz CT molecular complexity index is 1220. The molecule has 0 N–H and O–H groups in total. The fourth-order valence-electron chi connectivity index (χ4n) is 4.45. The molecule has 1 aliphatic heterocycles. The molecule has 166 valence electrons. The van der Waals surface area contributed by atoms with Crippen molar-refractivity contribution < 1.29 is 9.53 Å². The number of ether oxygens (including phenoxy) is 1. The van der Waals surface area contributed by atoms with E-state index in [2.05, 4.69) is 22.9 Å². The lowest BCUT2D eigenvalue weighted by Crippen LogP contribution is -2.37. The van der Waals surface area contributed by atoms with Crippen LogP contribution in [0.25, 0.3) is 0 Å². The average Bonchev–Trinajstić information content (AvgIpc) is 3.24. The quantitative estimate of drug-likeness (QED) is 0.318. The summed E-state index contributed by atoms with van der Waals surface area (Å²) in [7, 11) is 0. The molecule has 0 radical (unpaired) electrons. The van der Waals surface area contributed by atoms with Gasteiger partial charge in [-0.3, -0.25) is 4.79 Å². The van der Waals surface area contributed by atoms with Gasteiger partial charge in [0, 0.05) is 25.0 Å². The fraction of sp³-hybridized carbons (Fsp3) is 0.179. The van der Waals surface area contributed by atoms with E-state index >= 15 is 0 Å². The number of aromatic nitrogens is 1. The van der Waals surface area contributed by atoms with Gasteiger partial charge in [-0.15, -0.1) is 11.6 Å². The predicted octanol–water partition coefficient (Wildman–Crippen LogP) is 6.58. The van der Waals surface area contributed by atoms with Crippen molar-refractivity contribution in [1.29, 1.82) is 0 Å². The van der Waals surface area contributed by atoms with Crippen LogP contribution in [0.15, 0.2) is 103 Å². The Kier molecular flexibility index (Phi) is 6.18. The number of carbonyl (C=O) groups is 1. The fourth-order valence-corrected chi connectivity index (χ4v) is 4.72. The maximum atomic E-state index is 13.7. The third kappa shape index (κ3) is 4.53. The number of rotatable bonds is 5. The third-order valence-electron chi connectivity index (χ3n) is 6.00. The van der Waals surface area contributed by atoms with Gasteiger partial charge in [0.05, 0.1) is 6.04 Å². The summed E-state index contributed by atoms with van der Waals surface area (Å²) in [5, 5.41) is -0.737. The molecule has 0 fully saturated rings. The number of nitrogens with zero attached hydrogens (tertiary/aromatic N) is 2. The molecule has 4 aromatic rings. The van der Waals surface area contributed by atoms with Gasteiger partial charge in [-0.05, 0) is 53.9 Å². The van der Waals surface area contributed by atoms with Gasteiger partial charge in [-0.25, -0.2) is 0 Å². The Labute approximate surface area is 199 Å². The van der Waals surface area contributed by atoms with Crippen molar-refractivity contribution in [3.8, 4) is 11.5 Å². The Morgan fingerprint density at radius 2 is 1.58 bits per heavy atom. The number of aryl methyl sites for hydroxylation is 1. The maximum Gasteiger partial charge on any atom is 0.246 e. The van der Waals surface area contributed by atoms with E-state index in [1.807, 2.05) is 89.8 Å². The molecule has 1 aromatic heterocycles. The highest BCUT2D eigenvalue weighted by Gasteiger charge is 2.34. The van der Waals surface area contributed by atoms with E-state index < -0.39 is 5.38 Å². The normalized spacial score (nSPS) is 16.5. The minimum Gasteiger partial charge on any atom is -0.457 e. The summed E-state index contributed by atoms with van der Waals surface area (Å²) in [5.41, 5.74) is 2.88. The molecule has 1 aliphatic rings. The van der Waals surface area contributed by atoms with Crippen LogP contribution in [0, 0.1) is 0 Å². The highest BCUT2D eigenvalue weighted by atomic mass is 35.5. The van der Waals surface area contributed by atoms with Gasteiger partial charge >= 0.3 is 0 Å². The summed E-state index contributed by atoms with van der Waals surface area (Å²) in [4.78, 5) is 15.6. The van der Waals surface area contributed by atoms with Gasteiger partial charge in [-0.1, -0.05) is 60.7 Å². The third-order valence-corrected chi connectivity index (χ3v) is 6.44. The summed E-state index contributed by atoms with van der Waals surface area (Å²) >= 11 is 6.71. The van der Waals surface area contributed by atoms with E-state index in [9.17, 15) is 4.79 Å². The second-order valence-electron chi connectivity index (χ2n) is 8.18. The van der Waals surface area contributed by atoms with Crippen LogP contribution in [0.1, 0.15) is 34.7 Å². The van der Waals surface area contributed by atoms with Crippen molar-refractivity contribution in [2.45, 2.75) is 24.4 Å². The van der Waals surface area contributed by atoms with E-state index in [-0.39, 0.29) is 11.9 Å². The molecule has 2 heterocycles. The molecule has 0 saturated carbocycles. The highest BCUT2D eigenvalue weighted by molar-refractivity contribution is 6.30. The molecule has 0 saturated heterocycles. The number of benzene rings is 3. The van der Waals surface area contributed by atoms with Crippen LogP contribution in [0.4, 0.5) is 0 Å². The number of hydrogen-bond donors (Lipinski definition) is 0. The zero-order valence-corrected chi connectivity index (χ0v) is 18.9. The summed E-state index contributed by atoms with van der Waals surface area (Å²) < 4.78 is 8.32. The summed E-state index contributed by atoms with van der Waals surface area (Å²) in [5.74, 6) is 1.42. The second-order valence-corrected chi connectivity index (χ2v) is 8.61. The standard InChI is InChI=1S/C28H25ClN2O2/c29-26(21-10-3-1-4-11-21)28(32)31-19-9-18-30-17-8-16-25(30)27(31)22-12-7-15-24(20-22)33-23-13-5-2-6-14-23/h1-8,10-17,20,26-27H,9,18-19H2. The molecule has 0 spiro atoms. The summed E-state index contributed by atoms with van der Waals surface area (Å²) in [6.45, 7) is 1.49. The molecule has 5 rings (SSSR count). The van der Waals surface area contributed by atoms with E-state index in [0.29, 0.717) is 6.54 Å². The van der Waals surface area contributed by atoms with E-state index in [1.54, 1.807) is 0 Å². The van der Waals surface area contributed by atoms with Crippen molar-refractivity contribution >= 4 is 17.5 Å². The lowest BCUT2D eigenvalue weighted by atomic mass is 10.00. The van der Waals surface area contributed by atoms with Gasteiger partial charge in [0.25, 0.3) is 0 Å². The van der Waals surface area contributed by atoms with Gasteiger partial charge in [0.15, 0.2) is 0 Å². The first-order chi connectivity index (χ1) is 16.2. The Hall–Kier alpha value is -3.50. The average molecular weight is 457 g/mol. The molecule has 33 heavy (non-hydrogen) atoms. The summed E-state index contributed by atoms with van der Waals surface area (Å²) in [6.07, 6.45) is 2.94. The summed E-state index contributed by atoms with van der Waals surface area (Å²) in [6, 6.07) is 31.1. The first kappa shape index (κ1) is 21.4. The smallest absolute Gasteiger partial charge is 0.246 e. The molecule has 2 unspecified atom stereocenters. The minimum atomic E-state index is -0.737. The highest BCUT2D eigenvalue weighted by Crippen LogP contribution is 2.37. The van der Waals surface area contributed by atoms with Gasteiger partial charge < -0.3 is 14.2 Å². The van der Waals surface area contributed by atoms with Crippen LogP contribution in [0.2, 0.25) is 0 Å². The predicted molar refractivity (Wildman–Crippen MR) is 131 cm³/mol. The molecule has 0 bridgehead atoms. The monoisotopic (exact) mass is 456 g/mol. The molecule has 2 atom stereocenters. The van der Waals surface area contributed by atoms with Gasteiger partial charge in [-0.2, -0.15) is 0 Å². The number of hydrogen-bond acceptors (Lipinski definition) is 2. The first-order valence-corrected chi connectivity index (χ1v) is 11.6. The van der Waals surface area contributed by atoms with Crippen LogP contribution in [-0.2, 0) is 11.3 Å². The number of amides is 1. The van der Waals surface area contributed by atoms with Crippen LogP contribution >= 0.6 is 11.6 Å². The lowest BCUT2D eigenvalue weighted by Gasteiger charge is -2.32. The number of halogens is 1. The largest absolute Gasteiger partial charge is 0.457 e. The molecule has 1 amide bonds. The van der Waals surface area contributed by atoms with Crippen molar-refractivity contribution in [2.24, 2.45) is 0 Å². The SMILES string of the molecule is O=C(C(Cl)c1ccccc1)N1CCCn2cccc2C1c1cccc(Oc2ccccc2)c1.